The van der Waals surface area contributed by atoms with E-state index in [1.807, 2.05) is 0 Å². The number of non-ortho nitro benzene ring substituents is 1. The second-order valence-electron chi connectivity index (χ2n) is 3.90. The first-order valence-corrected chi connectivity index (χ1v) is 6.31. The molecule has 0 aliphatic carbocycles. The van der Waals surface area contributed by atoms with E-state index < -0.39 is 10.9 Å². The predicted octanol–water partition coefficient (Wildman–Crippen LogP) is 2.27. The lowest BCUT2D eigenvalue weighted by atomic mass is 10.1. The Hall–Kier alpha value is -2.28. The number of nitrogens with zero attached hydrogens (tertiary/aromatic N) is 2. The van der Waals surface area contributed by atoms with Crippen molar-refractivity contribution in [1.29, 1.82) is 0 Å². The molecule has 19 heavy (non-hydrogen) atoms. The maximum Gasteiger partial charge on any atom is 0.309 e. The predicted molar refractivity (Wildman–Crippen MR) is 69.4 cm³/mol. The van der Waals surface area contributed by atoms with Gasteiger partial charge >= 0.3 is 5.97 Å². The van der Waals surface area contributed by atoms with Crippen molar-refractivity contribution in [2.75, 3.05) is 0 Å². The van der Waals surface area contributed by atoms with Gasteiger partial charge in [0, 0.05) is 23.9 Å². The highest BCUT2D eigenvalue weighted by Gasteiger charge is 2.08. The van der Waals surface area contributed by atoms with Gasteiger partial charge in [-0.3, -0.25) is 14.9 Å². The summed E-state index contributed by atoms with van der Waals surface area (Å²) in [5, 5.41) is 21.7. The maximum atomic E-state index is 10.5. The molecule has 98 valence electrons. The van der Waals surface area contributed by atoms with Crippen LogP contribution >= 0.6 is 11.3 Å². The molecular formula is C12H10N2O4S. The number of thiazole rings is 1. The molecule has 0 saturated heterocycles. The second kappa shape index (κ2) is 5.57. The van der Waals surface area contributed by atoms with Crippen molar-refractivity contribution in [2.45, 2.75) is 12.8 Å². The Morgan fingerprint density at radius 2 is 2.05 bits per heavy atom. The zero-order valence-corrected chi connectivity index (χ0v) is 10.6. The zero-order valence-electron chi connectivity index (χ0n) is 9.78. The number of aliphatic carboxylic acids is 1. The van der Waals surface area contributed by atoms with Crippen LogP contribution in [0.1, 0.15) is 16.3 Å². The normalized spacial score (nSPS) is 10.3. The van der Waals surface area contributed by atoms with Gasteiger partial charge in [-0.15, -0.1) is 11.3 Å². The molecule has 1 heterocycles. The van der Waals surface area contributed by atoms with E-state index in [-0.39, 0.29) is 12.1 Å². The number of carboxylic acids is 1. The molecule has 0 aliphatic heterocycles. The number of hydrogen-bond acceptors (Lipinski definition) is 5. The average Bonchev–Trinajstić information content (AvgIpc) is 2.76. The molecule has 0 radical (unpaired) electrons. The first kappa shape index (κ1) is 13.2. The number of benzene rings is 1. The van der Waals surface area contributed by atoms with Crippen molar-refractivity contribution in [3.63, 3.8) is 0 Å². The molecule has 1 aromatic carbocycles. The fourth-order valence-electron chi connectivity index (χ4n) is 1.58. The number of carboxylic acid groups (broad SMARTS) is 1. The molecule has 7 heteroatoms. The average molecular weight is 278 g/mol. The Morgan fingerprint density at radius 3 is 2.63 bits per heavy atom. The molecule has 0 aliphatic rings. The lowest BCUT2D eigenvalue weighted by molar-refractivity contribution is -0.384. The number of hydrogen-bond donors (Lipinski definition) is 1. The van der Waals surface area contributed by atoms with E-state index >= 15 is 0 Å². The summed E-state index contributed by atoms with van der Waals surface area (Å²) < 4.78 is 0. The standard InChI is InChI=1S/C12H10N2O4S/c15-12(16)6-9-7-19-11(13-9)5-8-1-3-10(4-2-8)14(17)18/h1-4,7H,5-6H2,(H,15,16). The van der Waals surface area contributed by atoms with Crippen molar-refractivity contribution in [3.05, 3.63) is 56.0 Å². The van der Waals surface area contributed by atoms with Crippen LogP contribution < -0.4 is 0 Å². The highest BCUT2D eigenvalue weighted by atomic mass is 32.1. The van der Waals surface area contributed by atoms with E-state index in [1.54, 1.807) is 17.5 Å². The van der Waals surface area contributed by atoms with Crippen LogP contribution in [0.15, 0.2) is 29.6 Å². The van der Waals surface area contributed by atoms with E-state index in [4.69, 9.17) is 5.11 Å². The van der Waals surface area contributed by atoms with Gasteiger partial charge in [0.05, 0.1) is 22.0 Å². The minimum absolute atomic E-state index is 0.0504. The van der Waals surface area contributed by atoms with E-state index in [0.29, 0.717) is 12.1 Å². The van der Waals surface area contributed by atoms with E-state index in [2.05, 4.69) is 4.98 Å². The summed E-state index contributed by atoms with van der Waals surface area (Å²) >= 11 is 1.39. The number of rotatable bonds is 5. The fourth-order valence-corrected chi connectivity index (χ4v) is 2.40. The fraction of sp³-hybridized carbons (Fsp3) is 0.167. The van der Waals surface area contributed by atoms with E-state index in [9.17, 15) is 14.9 Å². The lowest BCUT2D eigenvalue weighted by Gasteiger charge is -1.97. The van der Waals surface area contributed by atoms with Crippen molar-refractivity contribution in [1.82, 2.24) is 4.98 Å². The summed E-state index contributed by atoms with van der Waals surface area (Å²) in [6, 6.07) is 6.25. The summed E-state index contributed by atoms with van der Waals surface area (Å²) in [6.45, 7) is 0. The van der Waals surface area contributed by atoms with Gasteiger partial charge in [0.25, 0.3) is 5.69 Å². The van der Waals surface area contributed by atoms with Gasteiger partial charge < -0.3 is 5.11 Å². The van der Waals surface area contributed by atoms with Crippen molar-refractivity contribution < 1.29 is 14.8 Å². The van der Waals surface area contributed by atoms with Crippen LogP contribution in [0.4, 0.5) is 5.69 Å². The summed E-state index contributed by atoms with van der Waals surface area (Å²) in [5.41, 5.74) is 1.49. The smallest absolute Gasteiger partial charge is 0.309 e. The van der Waals surface area contributed by atoms with Crippen LogP contribution in [0.5, 0.6) is 0 Å². The van der Waals surface area contributed by atoms with Crippen molar-refractivity contribution in [2.24, 2.45) is 0 Å². The first-order valence-electron chi connectivity index (χ1n) is 5.43. The van der Waals surface area contributed by atoms with Gasteiger partial charge in [0.2, 0.25) is 0 Å². The third-order valence-electron chi connectivity index (χ3n) is 2.43. The van der Waals surface area contributed by atoms with Crippen LogP contribution in [0.3, 0.4) is 0 Å². The van der Waals surface area contributed by atoms with Crippen LogP contribution in [0.25, 0.3) is 0 Å². The van der Waals surface area contributed by atoms with Gasteiger partial charge in [-0.2, -0.15) is 0 Å². The summed E-state index contributed by atoms with van der Waals surface area (Å²) in [7, 11) is 0. The van der Waals surface area contributed by atoms with Gasteiger partial charge in [0.15, 0.2) is 0 Å². The van der Waals surface area contributed by atoms with E-state index in [0.717, 1.165) is 10.6 Å². The Morgan fingerprint density at radius 1 is 1.37 bits per heavy atom. The molecule has 0 fully saturated rings. The minimum atomic E-state index is -0.910. The van der Waals surface area contributed by atoms with Gasteiger partial charge in [0.1, 0.15) is 0 Å². The Bertz CT molecular complexity index is 606. The van der Waals surface area contributed by atoms with E-state index in [1.165, 1.54) is 23.5 Å². The van der Waals surface area contributed by atoms with Crippen LogP contribution in [0, 0.1) is 10.1 Å². The Labute approximate surface area is 112 Å². The first-order chi connectivity index (χ1) is 9.04. The SMILES string of the molecule is O=C(O)Cc1csc(Cc2ccc([N+](=O)[O-])cc2)n1. The molecule has 0 saturated carbocycles. The molecule has 0 amide bonds. The number of nitro benzene ring substituents is 1. The highest BCUT2D eigenvalue weighted by Crippen LogP contribution is 2.18. The van der Waals surface area contributed by atoms with Crippen LogP contribution in [-0.4, -0.2) is 21.0 Å². The molecular weight excluding hydrogens is 268 g/mol. The zero-order chi connectivity index (χ0) is 13.8. The molecule has 0 spiro atoms. The van der Waals surface area contributed by atoms with Gasteiger partial charge in [-0.1, -0.05) is 12.1 Å². The molecule has 1 aromatic heterocycles. The molecule has 1 N–H and O–H groups in total. The number of carbonyl (C=O) groups is 1. The molecule has 2 rings (SSSR count). The summed E-state index contributed by atoms with van der Waals surface area (Å²) in [5.74, 6) is -0.910. The Balaban J connectivity index is 2.06. The van der Waals surface area contributed by atoms with Gasteiger partial charge in [-0.25, -0.2) is 4.98 Å². The van der Waals surface area contributed by atoms with Crippen LogP contribution in [-0.2, 0) is 17.6 Å². The largest absolute Gasteiger partial charge is 0.481 e. The maximum absolute atomic E-state index is 10.5. The third-order valence-corrected chi connectivity index (χ3v) is 3.33. The number of aromatic nitrogens is 1. The summed E-state index contributed by atoms with van der Waals surface area (Å²) in [4.78, 5) is 24.8. The molecule has 2 aromatic rings. The van der Waals surface area contributed by atoms with Gasteiger partial charge in [-0.05, 0) is 5.56 Å². The topological polar surface area (TPSA) is 93.3 Å². The second-order valence-corrected chi connectivity index (χ2v) is 4.85. The monoisotopic (exact) mass is 278 g/mol. The molecule has 0 bridgehead atoms. The molecule has 0 atom stereocenters. The van der Waals surface area contributed by atoms with Crippen LogP contribution in [0.2, 0.25) is 0 Å². The Kier molecular flexibility index (Phi) is 3.86. The molecule has 0 unspecified atom stereocenters. The quantitative estimate of drug-likeness (QED) is 0.668. The highest BCUT2D eigenvalue weighted by molar-refractivity contribution is 7.09. The van der Waals surface area contributed by atoms with Crippen molar-refractivity contribution in [3.8, 4) is 0 Å². The summed E-state index contributed by atoms with van der Waals surface area (Å²) in [6.07, 6.45) is 0.457. The third kappa shape index (κ3) is 3.59. The van der Waals surface area contributed by atoms with Crippen molar-refractivity contribution >= 4 is 23.0 Å². The molecule has 6 nitrogen and oxygen atoms in total. The lowest BCUT2D eigenvalue weighted by Crippen LogP contribution is -2.00. The number of nitro groups is 1. The minimum Gasteiger partial charge on any atom is -0.481 e.